The van der Waals surface area contributed by atoms with Gasteiger partial charge in [-0.2, -0.15) is 0 Å². The quantitative estimate of drug-likeness (QED) is 0.717. The predicted molar refractivity (Wildman–Crippen MR) is 75.1 cm³/mol. The molecule has 20 heavy (non-hydrogen) atoms. The molecule has 0 heterocycles. The summed E-state index contributed by atoms with van der Waals surface area (Å²) in [6.07, 6.45) is -0.792. The fourth-order valence-electron chi connectivity index (χ4n) is 1.44. The molecule has 0 saturated heterocycles. The largest absolute Gasteiger partial charge is 0.389 e. The number of ether oxygens (including phenoxy) is 1. The van der Waals surface area contributed by atoms with E-state index in [-0.39, 0.29) is 18.8 Å². The van der Waals surface area contributed by atoms with Gasteiger partial charge >= 0.3 is 6.03 Å². The standard InChI is InChI=1S/C14H21FN2O3/c1-10(2)8-20-9-11(18)7-16-14(19)17-13-6-4-3-5-12(13)15/h3-6,10-11,18H,7-9H2,1-2H3,(H2,16,17,19). The average molecular weight is 284 g/mol. The molecule has 2 amide bonds. The number of benzene rings is 1. The Labute approximate surface area is 118 Å². The summed E-state index contributed by atoms with van der Waals surface area (Å²) in [6, 6.07) is 5.29. The number of aliphatic hydroxyl groups is 1. The van der Waals surface area contributed by atoms with E-state index in [1.807, 2.05) is 13.8 Å². The van der Waals surface area contributed by atoms with Crippen LogP contribution in [0.5, 0.6) is 0 Å². The number of halogens is 1. The van der Waals surface area contributed by atoms with Crippen LogP contribution in [0, 0.1) is 11.7 Å². The van der Waals surface area contributed by atoms with E-state index in [0.717, 1.165) is 0 Å². The molecule has 0 radical (unpaired) electrons. The van der Waals surface area contributed by atoms with Crippen molar-refractivity contribution in [2.45, 2.75) is 20.0 Å². The second-order valence-electron chi connectivity index (χ2n) is 4.90. The van der Waals surface area contributed by atoms with Crippen LogP contribution >= 0.6 is 0 Å². The molecule has 0 saturated carbocycles. The van der Waals surface area contributed by atoms with Gasteiger partial charge in [-0.1, -0.05) is 26.0 Å². The molecule has 1 rings (SSSR count). The maximum Gasteiger partial charge on any atom is 0.319 e. The molecule has 1 unspecified atom stereocenters. The van der Waals surface area contributed by atoms with Crippen molar-refractivity contribution in [3.63, 3.8) is 0 Å². The zero-order chi connectivity index (χ0) is 15.0. The molecule has 1 aromatic rings. The molecule has 112 valence electrons. The second-order valence-corrected chi connectivity index (χ2v) is 4.90. The summed E-state index contributed by atoms with van der Waals surface area (Å²) in [5, 5.41) is 14.4. The minimum Gasteiger partial charge on any atom is -0.389 e. The third-order valence-corrected chi connectivity index (χ3v) is 2.38. The second kappa shape index (κ2) is 8.50. The van der Waals surface area contributed by atoms with Gasteiger partial charge in [0.2, 0.25) is 0 Å². The summed E-state index contributed by atoms with van der Waals surface area (Å²) < 4.78 is 18.5. The Hall–Kier alpha value is -1.66. The van der Waals surface area contributed by atoms with Crippen LogP contribution in [0.2, 0.25) is 0 Å². The van der Waals surface area contributed by atoms with Crippen molar-refractivity contribution in [2.24, 2.45) is 5.92 Å². The number of anilines is 1. The minimum atomic E-state index is -0.792. The number of para-hydroxylation sites is 1. The van der Waals surface area contributed by atoms with Crippen molar-refractivity contribution in [2.75, 3.05) is 25.1 Å². The molecule has 0 aliphatic carbocycles. The van der Waals surface area contributed by atoms with Crippen LogP contribution < -0.4 is 10.6 Å². The van der Waals surface area contributed by atoms with Crippen molar-refractivity contribution >= 4 is 11.7 Å². The van der Waals surface area contributed by atoms with Gasteiger partial charge in [0.25, 0.3) is 0 Å². The Morgan fingerprint density at radius 3 is 2.70 bits per heavy atom. The van der Waals surface area contributed by atoms with Gasteiger partial charge in [-0.25, -0.2) is 9.18 Å². The van der Waals surface area contributed by atoms with Gasteiger partial charge in [0, 0.05) is 13.2 Å². The summed E-state index contributed by atoms with van der Waals surface area (Å²) in [7, 11) is 0. The number of aliphatic hydroxyl groups excluding tert-OH is 1. The fourth-order valence-corrected chi connectivity index (χ4v) is 1.44. The summed E-state index contributed by atoms with van der Waals surface area (Å²) in [5.74, 6) is -0.122. The molecule has 0 aliphatic rings. The lowest BCUT2D eigenvalue weighted by Gasteiger charge is -2.14. The highest BCUT2D eigenvalue weighted by Gasteiger charge is 2.09. The Morgan fingerprint density at radius 1 is 1.35 bits per heavy atom. The van der Waals surface area contributed by atoms with E-state index in [1.54, 1.807) is 6.07 Å². The Kier molecular flexibility index (Phi) is 6.97. The van der Waals surface area contributed by atoms with E-state index in [0.29, 0.717) is 12.5 Å². The predicted octanol–water partition coefficient (Wildman–Crippen LogP) is 1.98. The van der Waals surface area contributed by atoms with Crippen molar-refractivity contribution in [1.82, 2.24) is 5.32 Å². The van der Waals surface area contributed by atoms with E-state index < -0.39 is 18.0 Å². The van der Waals surface area contributed by atoms with Crippen molar-refractivity contribution in [1.29, 1.82) is 0 Å². The van der Waals surface area contributed by atoms with Gasteiger partial charge in [0.15, 0.2) is 0 Å². The van der Waals surface area contributed by atoms with Gasteiger partial charge < -0.3 is 20.5 Å². The first kappa shape index (κ1) is 16.4. The molecule has 3 N–H and O–H groups in total. The number of carbonyl (C=O) groups is 1. The van der Waals surface area contributed by atoms with E-state index >= 15 is 0 Å². The van der Waals surface area contributed by atoms with E-state index in [2.05, 4.69) is 10.6 Å². The summed E-state index contributed by atoms with van der Waals surface area (Å²) in [4.78, 5) is 11.5. The first-order valence-electron chi connectivity index (χ1n) is 6.54. The lowest BCUT2D eigenvalue weighted by atomic mass is 10.2. The minimum absolute atomic E-state index is 0.0401. The zero-order valence-corrected chi connectivity index (χ0v) is 11.7. The number of rotatable bonds is 7. The maximum atomic E-state index is 13.3. The van der Waals surface area contributed by atoms with Gasteiger partial charge in [-0.05, 0) is 18.1 Å². The number of nitrogens with one attached hydrogen (secondary N) is 2. The van der Waals surface area contributed by atoms with Crippen LogP contribution in [0.1, 0.15) is 13.8 Å². The highest BCUT2D eigenvalue weighted by atomic mass is 19.1. The number of hydrogen-bond acceptors (Lipinski definition) is 3. The SMILES string of the molecule is CC(C)COCC(O)CNC(=O)Nc1ccccc1F. The molecule has 0 aromatic heterocycles. The molecule has 0 spiro atoms. The maximum absolute atomic E-state index is 13.3. The molecule has 0 aliphatic heterocycles. The summed E-state index contributed by atoms with van der Waals surface area (Å²) >= 11 is 0. The lowest BCUT2D eigenvalue weighted by Crippen LogP contribution is -2.37. The number of urea groups is 1. The molecular formula is C14H21FN2O3. The Morgan fingerprint density at radius 2 is 2.05 bits per heavy atom. The third-order valence-electron chi connectivity index (χ3n) is 2.38. The van der Waals surface area contributed by atoms with Crippen LogP contribution in [-0.4, -0.2) is 37.0 Å². The molecule has 5 nitrogen and oxygen atoms in total. The van der Waals surface area contributed by atoms with Crippen LogP contribution in [0.3, 0.4) is 0 Å². The smallest absolute Gasteiger partial charge is 0.319 e. The van der Waals surface area contributed by atoms with Crippen LogP contribution in [0.15, 0.2) is 24.3 Å². The Balaban J connectivity index is 2.24. The Bertz CT molecular complexity index is 427. The first-order chi connectivity index (χ1) is 9.49. The zero-order valence-electron chi connectivity index (χ0n) is 11.7. The van der Waals surface area contributed by atoms with Crippen LogP contribution in [-0.2, 0) is 4.74 Å². The first-order valence-corrected chi connectivity index (χ1v) is 6.54. The number of amides is 2. The van der Waals surface area contributed by atoms with Crippen LogP contribution in [0.4, 0.5) is 14.9 Å². The van der Waals surface area contributed by atoms with Gasteiger partial charge in [-0.3, -0.25) is 0 Å². The summed E-state index contributed by atoms with van der Waals surface area (Å²) in [5.41, 5.74) is 0.0931. The molecule has 1 atom stereocenters. The third kappa shape index (κ3) is 6.49. The van der Waals surface area contributed by atoms with Gasteiger partial charge in [-0.15, -0.1) is 0 Å². The average Bonchev–Trinajstić information content (AvgIpc) is 2.39. The summed E-state index contributed by atoms with van der Waals surface area (Å²) in [6.45, 7) is 4.76. The molecule has 0 bridgehead atoms. The number of carbonyl (C=O) groups excluding carboxylic acids is 1. The number of hydrogen-bond donors (Lipinski definition) is 3. The van der Waals surface area contributed by atoms with E-state index in [4.69, 9.17) is 4.74 Å². The molecule has 6 heteroatoms. The molecule has 0 fully saturated rings. The van der Waals surface area contributed by atoms with E-state index in [1.165, 1.54) is 18.2 Å². The van der Waals surface area contributed by atoms with Crippen molar-refractivity contribution in [3.05, 3.63) is 30.1 Å². The highest BCUT2D eigenvalue weighted by molar-refractivity contribution is 5.89. The van der Waals surface area contributed by atoms with Gasteiger partial charge in [0.1, 0.15) is 5.82 Å². The topological polar surface area (TPSA) is 70.6 Å². The fraction of sp³-hybridized carbons (Fsp3) is 0.500. The molecular weight excluding hydrogens is 263 g/mol. The van der Waals surface area contributed by atoms with Crippen molar-refractivity contribution < 1.29 is 19.0 Å². The molecule has 1 aromatic carbocycles. The lowest BCUT2D eigenvalue weighted by molar-refractivity contribution is 0.0274. The van der Waals surface area contributed by atoms with Gasteiger partial charge in [0.05, 0.1) is 18.4 Å². The van der Waals surface area contributed by atoms with Crippen molar-refractivity contribution in [3.8, 4) is 0 Å². The highest BCUT2D eigenvalue weighted by Crippen LogP contribution is 2.11. The normalized spacial score (nSPS) is 12.2. The van der Waals surface area contributed by atoms with Crippen LogP contribution in [0.25, 0.3) is 0 Å². The van der Waals surface area contributed by atoms with E-state index in [9.17, 15) is 14.3 Å². The monoisotopic (exact) mass is 284 g/mol.